The molecule has 0 aromatic rings. The number of rotatable bonds is 0. The van der Waals surface area contributed by atoms with Crippen molar-refractivity contribution in [1.82, 2.24) is 0 Å². The molecule has 0 spiro atoms. The summed E-state index contributed by atoms with van der Waals surface area (Å²) in [5, 5.41) is 0. The first-order valence-corrected chi connectivity index (χ1v) is 2.80. The molecule has 7 heavy (non-hydrogen) atoms. The lowest BCUT2D eigenvalue weighted by Gasteiger charge is -2.16. The van der Waals surface area contributed by atoms with Gasteiger partial charge in [-0.2, -0.15) is 0 Å². The average Bonchev–Trinajstić information content (AvgIpc) is 1.69. The van der Waals surface area contributed by atoms with Crippen LogP contribution >= 0.6 is 0 Å². The Bertz CT molecular complexity index is 46.1. The van der Waals surface area contributed by atoms with Crippen LogP contribution in [0.2, 0.25) is 0 Å². The number of hydrogen-bond donors (Lipinski definition) is 0. The van der Waals surface area contributed by atoms with Crippen LogP contribution in [0.5, 0.6) is 0 Å². The third-order valence-electron chi connectivity index (χ3n) is 1.21. The SMILES string of the molecule is CC1[CH]CCOC1. The summed E-state index contributed by atoms with van der Waals surface area (Å²) >= 11 is 0. The van der Waals surface area contributed by atoms with Crippen LogP contribution in [-0.4, -0.2) is 13.2 Å². The molecule has 0 N–H and O–H groups in total. The van der Waals surface area contributed by atoms with Crippen molar-refractivity contribution in [3.05, 3.63) is 6.42 Å². The zero-order valence-corrected chi connectivity index (χ0v) is 4.68. The maximum atomic E-state index is 5.15. The van der Waals surface area contributed by atoms with Crippen molar-refractivity contribution in [3.63, 3.8) is 0 Å². The van der Waals surface area contributed by atoms with E-state index in [0.29, 0.717) is 5.92 Å². The Labute approximate surface area is 44.7 Å². The van der Waals surface area contributed by atoms with Gasteiger partial charge in [-0.25, -0.2) is 0 Å². The summed E-state index contributed by atoms with van der Waals surface area (Å²) in [5.41, 5.74) is 0. The molecular formula is C6H11O. The lowest BCUT2D eigenvalue weighted by molar-refractivity contribution is 0.0874. The number of ether oxygens (including phenoxy) is 1. The Morgan fingerprint density at radius 2 is 2.57 bits per heavy atom. The summed E-state index contributed by atoms with van der Waals surface area (Å²) in [4.78, 5) is 0. The van der Waals surface area contributed by atoms with Gasteiger partial charge in [0.15, 0.2) is 0 Å². The first-order chi connectivity index (χ1) is 3.39. The molecule has 1 saturated heterocycles. The highest BCUT2D eigenvalue weighted by Gasteiger charge is 2.06. The van der Waals surface area contributed by atoms with Crippen LogP contribution < -0.4 is 0 Å². The fraction of sp³-hybridized carbons (Fsp3) is 0.833. The summed E-state index contributed by atoms with van der Waals surface area (Å²) in [7, 11) is 0. The van der Waals surface area contributed by atoms with Gasteiger partial charge in [0, 0.05) is 13.2 Å². The maximum absolute atomic E-state index is 5.15. The molecule has 0 amide bonds. The fourth-order valence-electron chi connectivity index (χ4n) is 0.773. The van der Waals surface area contributed by atoms with Crippen LogP contribution in [0.15, 0.2) is 0 Å². The Morgan fingerprint density at radius 1 is 1.71 bits per heavy atom. The zero-order chi connectivity index (χ0) is 5.11. The quantitative estimate of drug-likeness (QED) is 0.444. The molecule has 0 saturated carbocycles. The maximum Gasteiger partial charge on any atom is 0.0494 e. The lowest BCUT2D eigenvalue weighted by Crippen LogP contribution is -2.14. The molecule has 1 aliphatic rings. The van der Waals surface area contributed by atoms with Crippen LogP contribution in [0.4, 0.5) is 0 Å². The molecule has 1 unspecified atom stereocenters. The van der Waals surface area contributed by atoms with Crippen LogP contribution in [0.3, 0.4) is 0 Å². The monoisotopic (exact) mass is 99.1 g/mol. The summed E-state index contributed by atoms with van der Waals surface area (Å²) in [5.74, 6) is 0.689. The van der Waals surface area contributed by atoms with Gasteiger partial charge in [-0.15, -0.1) is 0 Å². The van der Waals surface area contributed by atoms with Crippen molar-refractivity contribution in [2.24, 2.45) is 5.92 Å². The standard InChI is InChI=1S/C6H11O/c1-6-3-2-4-7-5-6/h3,6H,2,4-5H2,1H3. The summed E-state index contributed by atoms with van der Waals surface area (Å²) in [6, 6.07) is 0. The van der Waals surface area contributed by atoms with Gasteiger partial charge < -0.3 is 4.74 Å². The van der Waals surface area contributed by atoms with Crippen molar-refractivity contribution in [2.75, 3.05) is 13.2 Å². The van der Waals surface area contributed by atoms with Crippen molar-refractivity contribution in [1.29, 1.82) is 0 Å². The lowest BCUT2D eigenvalue weighted by atomic mass is 10.1. The normalized spacial score (nSPS) is 33.0. The van der Waals surface area contributed by atoms with Gasteiger partial charge in [0.1, 0.15) is 0 Å². The van der Waals surface area contributed by atoms with E-state index in [9.17, 15) is 0 Å². The highest BCUT2D eigenvalue weighted by molar-refractivity contribution is 4.75. The third-order valence-corrected chi connectivity index (χ3v) is 1.21. The molecule has 1 fully saturated rings. The molecule has 1 heteroatoms. The molecule has 1 rings (SSSR count). The molecule has 0 aromatic carbocycles. The molecule has 1 atom stereocenters. The minimum absolute atomic E-state index is 0.689. The van der Waals surface area contributed by atoms with Gasteiger partial charge in [0.2, 0.25) is 0 Å². The Hall–Kier alpha value is -0.0400. The largest absolute Gasteiger partial charge is 0.381 e. The van der Waals surface area contributed by atoms with Crippen molar-refractivity contribution < 1.29 is 4.74 Å². The van der Waals surface area contributed by atoms with E-state index in [1.54, 1.807) is 0 Å². The van der Waals surface area contributed by atoms with Crippen LogP contribution in [0, 0.1) is 12.3 Å². The topological polar surface area (TPSA) is 9.23 Å². The average molecular weight is 99.2 g/mol. The summed E-state index contributed by atoms with van der Waals surface area (Å²) < 4.78 is 5.15. The predicted octanol–water partition coefficient (Wildman–Crippen LogP) is 1.25. The summed E-state index contributed by atoms with van der Waals surface area (Å²) in [6.45, 7) is 4.05. The van der Waals surface area contributed by atoms with E-state index in [2.05, 4.69) is 13.3 Å². The van der Waals surface area contributed by atoms with E-state index < -0.39 is 0 Å². The zero-order valence-electron chi connectivity index (χ0n) is 4.68. The smallest absolute Gasteiger partial charge is 0.0494 e. The van der Waals surface area contributed by atoms with E-state index in [1.165, 1.54) is 0 Å². The first-order valence-electron chi connectivity index (χ1n) is 2.80. The van der Waals surface area contributed by atoms with E-state index in [4.69, 9.17) is 4.74 Å². The minimum atomic E-state index is 0.689. The van der Waals surface area contributed by atoms with Gasteiger partial charge in [-0.05, 0) is 18.8 Å². The second-order valence-corrected chi connectivity index (χ2v) is 2.08. The van der Waals surface area contributed by atoms with Gasteiger partial charge >= 0.3 is 0 Å². The van der Waals surface area contributed by atoms with Crippen molar-refractivity contribution >= 4 is 0 Å². The second kappa shape index (κ2) is 2.31. The van der Waals surface area contributed by atoms with E-state index in [1.807, 2.05) is 0 Å². The van der Waals surface area contributed by atoms with Crippen LogP contribution in [0.1, 0.15) is 13.3 Å². The predicted molar refractivity (Wildman–Crippen MR) is 28.9 cm³/mol. The van der Waals surface area contributed by atoms with Gasteiger partial charge in [0.25, 0.3) is 0 Å². The molecule has 0 aromatic heterocycles. The fourth-order valence-corrected chi connectivity index (χ4v) is 0.773. The van der Waals surface area contributed by atoms with Crippen LogP contribution in [0.25, 0.3) is 0 Å². The van der Waals surface area contributed by atoms with Gasteiger partial charge in [0.05, 0.1) is 0 Å². The van der Waals surface area contributed by atoms with Gasteiger partial charge in [-0.3, -0.25) is 0 Å². The Morgan fingerprint density at radius 3 is 2.86 bits per heavy atom. The molecule has 0 aliphatic carbocycles. The number of hydrogen-bond acceptors (Lipinski definition) is 1. The highest BCUT2D eigenvalue weighted by Crippen LogP contribution is 2.09. The molecule has 0 bridgehead atoms. The molecule has 1 nitrogen and oxygen atoms in total. The summed E-state index contributed by atoms with van der Waals surface area (Å²) in [6.07, 6.45) is 3.45. The highest BCUT2D eigenvalue weighted by atomic mass is 16.5. The minimum Gasteiger partial charge on any atom is -0.381 e. The molecule has 1 radical (unpaired) electrons. The third kappa shape index (κ3) is 1.48. The molecule has 1 aliphatic heterocycles. The van der Waals surface area contributed by atoms with E-state index >= 15 is 0 Å². The molecular weight excluding hydrogens is 88.1 g/mol. The Balaban J connectivity index is 2.12. The van der Waals surface area contributed by atoms with E-state index in [-0.39, 0.29) is 0 Å². The van der Waals surface area contributed by atoms with Crippen molar-refractivity contribution in [3.8, 4) is 0 Å². The molecule has 41 valence electrons. The second-order valence-electron chi connectivity index (χ2n) is 2.08. The van der Waals surface area contributed by atoms with Crippen LogP contribution in [-0.2, 0) is 4.74 Å². The van der Waals surface area contributed by atoms with Gasteiger partial charge in [-0.1, -0.05) is 6.92 Å². The van der Waals surface area contributed by atoms with Crippen molar-refractivity contribution in [2.45, 2.75) is 13.3 Å². The molecule has 1 heterocycles. The van der Waals surface area contributed by atoms with E-state index in [0.717, 1.165) is 19.6 Å². The Kier molecular flexibility index (Phi) is 1.69. The first kappa shape index (κ1) is 5.10.